The molecule has 5 nitrogen and oxygen atoms in total. The molecule has 0 aliphatic carbocycles. The summed E-state index contributed by atoms with van der Waals surface area (Å²) in [6.07, 6.45) is 3.80. The van der Waals surface area contributed by atoms with E-state index in [4.69, 9.17) is 11.6 Å². The number of carbonyl (C=O) groups excluding carboxylic acids is 2. The van der Waals surface area contributed by atoms with Gasteiger partial charge in [-0.1, -0.05) is 17.7 Å². The second-order valence-corrected chi connectivity index (χ2v) is 5.69. The number of ether oxygens (including phenoxy) is 1. The van der Waals surface area contributed by atoms with E-state index in [2.05, 4.69) is 10.1 Å². The number of hydrogen-bond acceptors (Lipinski definition) is 3. The SMILES string of the molecule is COC(=O)c1cc(NC(=O)c2cccc(-n3cccc3)c2)ccc1Cl. The standard InChI is InChI=1S/C19H15ClN2O3/c1-25-19(24)16-12-14(7-8-17(16)20)21-18(23)13-5-4-6-15(11-13)22-9-2-3-10-22/h2-12H,1H3,(H,21,23). The molecule has 3 aromatic rings. The smallest absolute Gasteiger partial charge is 0.339 e. The van der Waals surface area contributed by atoms with Crippen LogP contribution in [0, 0.1) is 0 Å². The lowest BCUT2D eigenvalue weighted by Gasteiger charge is -2.09. The minimum absolute atomic E-state index is 0.197. The fraction of sp³-hybridized carbons (Fsp3) is 0.0526. The summed E-state index contributed by atoms with van der Waals surface area (Å²) in [5, 5.41) is 3.03. The first-order chi connectivity index (χ1) is 12.1. The van der Waals surface area contributed by atoms with Crippen molar-refractivity contribution in [1.82, 2.24) is 4.57 Å². The first-order valence-electron chi connectivity index (χ1n) is 7.51. The summed E-state index contributed by atoms with van der Waals surface area (Å²) >= 11 is 5.98. The maximum Gasteiger partial charge on any atom is 0.339 e. The highest BCUT2D eigenvalue weighted by Gasteiger charge is 2.13. The predicted molar refractivity (Wildman–Crippen MR) is 96.5 cm³/mol. The first kappa shape index (κ1) is 16.8. The second kappa shape index (κ2) is 7.23. The topological polar surface area (TPSA) is 60.3 Å². The van der Waals surface area contributed by atoms with Gasteiger partial charge in [0.1, 0.15) is 0 Å². The molecule has 0 saturated carbocycles. The minimum atomic E-state index is -0.560. The van der Waals surface area contributed by atoms with Crippen LogP contribution >= 0.6 is 11.6 Å². The van der Waals surface area contributed by atoms with E-state index in [-0.39, 0.29) is 16.5 Å². The van der Waals surface area contributed by atoms with Crippen LogP contribution in [-0.4, -0.2) is 23.6 Å². The Labute approximate surface area is 149 Å². The molecule has 0 unspecified atom stereocenters. The van der Waals surface area contributed by atoms with E-state index in [9.17, 15) is 9.59 Å². The molecule has 0 atom stereocenters. The third-order valence-electron chi connectivity index (χ3n) is 3.64. The van der Waals surface area contributed by atoms with Gasteiger partial charge in [0.2, 0.25) is 0 Å². The van der Waals surface area contributed by atoms with Gasteiger partial charge in [-0.2, -0.15) is 0 Å². The maximum absolute atomic E-state index is 12.5. The van der Waals surface area contributed by atoms with Crippen molar-refractivity contribution in [3.05, 3.63) is 83.1 Å². The van der Waals surface area contributed by atoms with Gasteiger partial charge < -0.3 is 14.6 Å². The van der Waals surface area contributed by atoms with Crippen LogP contribution in [0.4, 0.5) is 5.69 Å². The van der Waals surface area contributed by atoms with Gasteiger partial charge in [0.05, 0.1) is 17.7 Å². The summed E-state index contributed by atoms with van der Waals surface area (Å²) < 4.78 is 6.59. The number of nitrogens with one attached hydrogen (secondary N) is 1. The molecule has 1 aromatic heterocycles. The van der Waals surface area contributed by atoms with Gasteiger partial charge in [-0.25, -0.2) is 4.79 Å². The van der Waals surface area contributed by atoms with Crippen molar-refractivity contribution in [3.63, 3.8) is 0 Å². The van der Waals surface area contributed by atoms with Crippen molar-refractivity contribution < 1.29 is 14.3 Å². The lowest BCUT2D eigenvalue weighted by molar-refractivity contribution is 0.0600. The van der Waals surface area contributed by atoms with Crippen LogP contribution in [0.2, 0.25) is 5.02 Å². The number of esters is 1. The van der Waals surface area contributed by atoms with E-state index in [0.717, 1.165) is 5.69 Å². The number of nitrogens with zero attached hydrogens (tertiary/aromatic N) is 1. The quantitative estimate of drug-likeness (QED) is 0.715. The average molecular weight is 355 g/mol. The number of halogens is 1. The van der Waals surface area contributed by atoms with Crippen molar-refractivity contribution in [3.8, 4) is 5.69 Å². The first-order valence-corrected chi connectivity index (χ1v) is 7.89. The van der Waals surface area contributed by atoms with Gasteiger partial charge in [-0.3, -0.25) is 4.79 Å². The highest BCUT2D eigenvalue weighted by Crippen LogP contribution is 2.22. The Morgan fingerprint density at radius 2 is 1.80 bits per heavy atom. The number of methoxy groups -OCH3 is 1. The van der Waals surface area contributed by atoms with E-state index >= 15 is 0 Å². The van der Waals surface area contributed by atoms with Crippen molar-refractivity contribution in [1.29, 1.82) is 0 Å². The summed E-state index contributed by atoms with van der Waals surface area (Å²) in [6.45, 7) is 0. The molecule has 2 aromatic carbocycles. The Hall–Kier alpha value is -3.05. The van der Waals surface area contributed by atoms with E-state index in [0.29, 0.717) is 11.3 Å². The number of amides is 1. The summed E-state index contributed by atoms with van der Waals surface area (Å²) in [5.74, 6) is -0.845. The largest absolute Gasteiger partial charge is 0.465 e. The summed E-state index contributed by atoms with van der Waals surface area (Å²) in [6, 6.07) is 15.7. The predicted octanol–water partition coefficient (Wildman–Crippen LogP) is 4.17. The van der Waals surface area contributed by atoms with Gasteiger partial charge in [0, 0.05) is 29.3 Å². The highest BCUT2D eigenvalue weighted by molar-refractivity contribution is 6.33. The van der Waals surface area contributed by atoms with Crippen LogP contribution in [-0.2, 0) is 4.74 Å². The fourth-order valence-corrected chi connectivity index (χ4v) is 2.58. The zero-order valence-electron chi connectivity index (χ0n) is 13.4. The minimum Gasteiger partial charge on any atom is -0.465 e. The Morgan fingerprint density at radius 1 is 1.04 bits per heavy atom. The lowest BCUT2D eigenvalue weighted by atomic mass is 10.1. The Balaban J connectivity index is 1.83. The molecule has 1 heterocycles. The normalized spacial score (nSPS) is 10.3. The van der Waals surface area contributed by atoms with E-state index in [1.807, 2.05) is 41.2 Å². The van der Waals surface area contributed by atoms with Gasteiger partial charge in [0.25, 0.3) is 5.91 Å². The van der Waals surface area contributed by atoms with Crippen molar-refractivity contribution >= 4 is 29.2 Å². The molecule has 0 bridgehead atoms. The van der Waals surface area contributed by atoms with Crippen LogP contribution in [0.1, 0.15) is 20.7 Å². The van der Waals surface area contributed by atoms with Crippen molar-refractivity contribution in [2.24, 2.45) is 0 Å². The molecule has 6 heteroatoms. The molecule has 25 heavy (non-hydrogen) atoms. The maximum atomic E-state index is 12.5. The summed E-state index contributed by atoms with van der Waals surface area (Å²) in [4.78, 5) is 24.2. The van der Waals surface area contributed by atoms with Crippen molar-refractivity contribution in [2.45, 2.75) is 0 Å². The highest BCUT2D eigenvalue weighted by atomic mass is 35.5. The molecule has 0 radical (unpaired) electrons. The van der Waals surface area contributed by atoms with Crippen LogP contribution in [0.15, 0.2) is 67.0 Å². The molecule has 0 aliphatic rings. The fourth-order valence-electron chi connectivity index (χ4n) is 2.39. The van der Waals surface area contributed by atoms with Gasteiger partial charge in [-0.05, 0) is 48.5 Å². The molecule has 3 rings (SSSR count). The molecular formula is C19H15ClN2O3. The molecule has 0 aliphatic heterocycles. The third kappa shape index (κ3) is 3.72. The number of rotatable bonds is 4. The van der Waals surface area contributed by atoms with Crippen LogP contribution in [0.25, 0.3) is 5.69 Å². The van der Waals surface area contributed by atoms with Crippen LogP contribution < -0.4 is 5.32 Å². The van der Waals surface area contributed by atoms with Crippen LogP contribution in [0.3, 0.4) is 0 Å². The number of hydrogen-bond donors (Lipinski definition) is 1. The molecule has 1 N–H and O–H groups in total. The van der Waals surface area contributed by atoms with Gasteiger partial charge in [-0.15, -0.1) is 0 Å². The average Bonchev–Trinajstić information content (AvgIpc) is 3.17. The lowest BCUT2D eigenvalue weighted by Crippen LogP contribution is -2.13. The summed E-state index contributed by atoms with van der Waals surface area (Å²) in [5.41, 5.74) is 2.04. The monoisotopic (exact) mass is 354 g/mol. The summed E-state index contributed by atoms with van der Waals surface area (Å²) in [7, 11) is 1.27. The number of anilines is 1. The van der Waals surface area contributed by atoms with E-state index < -0.39 is 5.97 Å². The molecule has 126 valence electrons. The van der Waals surface area contributed by atoms with Gasteiger partial charge >= 0.3 is 5.97 Å². The van der Waals surface area contributed by atoms with E-state index in [1.54, 1.807) is 24.3 Å². The molecule has 0 spiro atoms. The molecular weight excluding hydrogens is 340 g/mol. The van der Waals surface area contributed by atoms with Crippen LogP contribution in [0.5, 0.6) is 0 Å². The number of carbonyl (C=O) groups is 2. The second-order valence-electron chi connectivity index (χ2n) is 5.28. The number of aromatic nitrogens is 1. The van der Waals surface area contributed by atoms with Crippen molar-refractivity contribution in [2.75, 3.05) is 12.4 Å². The Morgan fingerprint density at radius 3 is 2.52 bits per heavy atom. The molecule has 0 fully saturated rings. The molecule has 0 saturated heterocycles. The Kier molecular flexibility index (Phi) is 4.86. The third-order valence-corrected chi connectivity index (χ3v) is 3.97. The number of benzene rings is 2. The molecule has 1 amide bonds. The van der Waals surface area contributed by atoms with E-state index in [1.165, 1.54) is 13.2 Å². The van der Waals surface area contributed by atoms with Gasteiger partial charge in [0.15, 0.2) is 0 Å². The zero-order valence-corrected chi connectivity index (χ0v) is 14.2. The zero-order chi connectivity index (χ0) is 17.8. The Bertz CT molecular complexity index is 920.